The molecule has 0 aromatic carbocycles. The number of alkyl halides is 1. The third-order valence-corrected chi connectivity index (χ3v) is 5.29. The second kappa shape index (κ2) is 4.96. The van der Waals surface area contributed by atoms with E-state index in [2.05, 4.69) is 5.32 Å². The first-order chi connectivity index (χ1) is 7.26. The number of hydrogen-bond acceptors (Lipinski definition) is 2. The minimum atomic E-state index is 0.199. The van der Waals surface area contributed by atoms with Crippen LogP contribution in [0.3, 0.4) is 0 Å². The normalized spacial score (nSPS) is 28.5. The summed E-state index contributed by atoms with van der Waals surface area (Å²) in [6.45, 7) is 0.784. The molecule has 0 aromatic heterocycles. The first-order valence-corrected chi connectivity index (χ1v) is 7.29. The van der Waals surface area contributed by atoms with Crippen molar-refractivity contribution in [3.05, 3.63) is 0 Å². The summed E-state index contributed by atoms with van der Waals surface area (Å²) in [7, 11) is 0. The summed E-state index contributed by atoms with van der Waals surface area (Å²) in [6.07, 6.45) is 5.86. The molecule has 1 amide bonds. The molecular formula is C11H18ClNOS. The summed E-state index contributed by atoms with van der Waals surface area (Å²) < 4.78 is 0. The van der Waals surface area contributed by atoms with Crippen LogP contribution in [0.25, 0.3) is 0 Å². The predicted octanol–water partition coefficient (Wildman–Crippen LogP) is 2.41. The van der Waals surface area contributed by atoms with E-state index >= 15 is 0 Å². The molecule has 0 spiro atoms. The summed E-state index contributed by atoms with van der Waals surface area (Å²) in [5.41, 5.74) is 0.247. The lowest BCUT2D eigenvalue weighted by Gasteiger charge is -2.21. The molecule has 4 heteroatoms. The van der Waals surface area contributed by atoms with Crippen molar-refractivity contribution in [1.29, 1.82) is 0 Å². The fourth-order valence-electron chi connectivity index (χ4n) is 1.87. The van der Waals surface area contributed by atoms with Gasteiger partial charge in [0.15, 0.2) is 0 Å². The van der Waals surface area contributed by atoms with Crippen LogP contribution in [0.2, 0.25) is 0 Å². The second-order valence-corrected chi connectivity index (χ2v) is 6.28. The van der Waals surface area contributed by atoms with Crippen LogP contribution in [0, 0.1) is 5.41 Å². The van der Waals surface area contributed by atoms with E-state index in [1.165, 1.54) is 25.7 Å². The van der Waals surface area contributed by atoms with E-state index in [0.717, 1.165) is 18.7 Å². The van der Waals surface area contributed by atoms with Gasteiger partial charge in [0, 0.05) is 17.8 Å². The Balaban J connectivity index is 1.72. The number of carbonyl (C=O) groups excluding carboxylic acids is 1. The highest BCUT2D eigenvalue weighted by Crippen LogP contribution is 2.45. The molecule has 1 saturated heterocycles. The molecule has 2 aliphatic rings. The Morgan fingerprint density at radius 2 is 2.27 bits per heavy atom. The fraction of sp³-hybridized carbons (Fsp3) is 0.909. The maximum Gasteiger partial charge on any atom is 0.233 e. The van der Waals surface area contributed by atoms with Crippen molar-refractivity contribution in [1.82, 2.24) is 5.32 Å². The van der Waals surface area contributed by atoms with Crippen LogP contribution in [0.15, 0.2) is 0 Å². The molecule has 1 N–H and O–H groups in total. The van der Waals surface area contributed by atoms with Crippen LogP contribution in [-0.2, 0) is 4.79 Å². The third kappa shape index (κ3) is 3.04. The molecule has 2 rings (SSSR count). The summed E-state index contributed by atoms with van der Waals surface area (Å²) in [6, 6.07) is 0. The van der Waals surface area contributed by atoms with Crippen LogP contribution >= 0.6 is 23.4 Å². The van der Waals surface area contributed by atoms with Crippen LogP contribution in [0.5, 0.6) is 0 Å². The van der Waals surface area contributed by atoms with E-state index in [0.29, 0.717) is 5.88 Å². The quantitative estimate of drug-likeness (QED) is 0.773. The number of carbonyl (C=O) groups is 1. The molecule has 1 saturated carbocycles. The number of thioether (sulfide) groups is 1. The lowest BCUT2D eigenvalue weighted by Crippen LogP contribution is -2.38. The molecule has 1 aliphatic carbocycles. The lowest BCUT2D eigenvalue weighted by molar-refractivity contribution is -0.120. The molecule has 0 bridgehead atoms. The Labute approximate surface area is 101 Å². The average molecular weight is 248 g/mol. The van der Waals surface area contributed by atoms with E-state index < -0.39 is 0 Å². The summed E-state index contributed by atoms with van der Waals surface area (Å²) in [4.78, 5) is 11.8. The van der Waals surface area contributed by atoms with Crippen molar-refractivity contribution in [2.75, 3.05) is 18.2 Å². The van der Waals surface area contributed by atoms with Crippen molar-refractivity contribution < 1.29 is 4.79 Å². The maximum absolute atomic E-state index is 11.8. The van der Waals surface area contributed by atoms with Gasteiger partial charge in [0.2, 0.25) is 5.91 Å². The second-order valence-electron chi connectivity index (χ2n) is 4.71. The number of hydrogen-bond donors (Lipinski definition) is 1. The Morgan fingerprint density at radius 1 is 1.47 bits per heavy atom. The van der Waals surface area contributed by atoms with Gasteiger partial charge in [-0.25, -0.2) is 0 Å². The average Bonchev–Trinajstić information content (AvgIpc) is 3.08. The molecule has 0 radical (unpaired) electrons. The molecule has 86 valence electrons. The zero-order chi connectivity index (χ0) is 10.7. The van der Waals surface area contributed by atoms with Gasteiger partial charge in [0.25, 0.3) is 0 Å². The minimum Gasteiger partial charge on any atom is -0.355 e. The number of halogens is 1. The van der Waals surface area contributed by atoms with Gasteiger partial charge in [0.1, 0.15) is 0 Å². The van der Waals surface area contributed by atoms with Crippen molar-refractivity contribution >= 4 is 29.3 Å². The van der Waals surface area contributed by atoms with Gasteiger partial charge in [0.05, 0.1) is 5.25 Å². The molecule has 1 unspecified atom stereocenters. The molecule has 2 nitrogen and oxygen atoms in total. The molecule has 2 fully saturated rings. The first-order valence-electron chi connectivity index (χ1n) is 5.71. The number of amides is 1. The summed E-state index contributed by atoms with van der Waals surface area (Å²) >= 11 is 7.67. The van der Waals surface area contributed by atoms with Crippen molar-refractivity contribution in [2.45, 2.75) is 37.4 Å². The largest absolute Gasteiger partial charge is 0.355 e. The minimum absolute atomic E-state index is 0.199. The fourth-order valence-corrected chi connectivity index (χ4v) is 3.46. The maximum atomic E-state index is 11.8. The van der Waals surface area contributed by atoms with Gasteiger partial charge in [-0.15, -0.1) is 23.4 Å². The van der Waals surface area contributed by atoms with Crippen molar-refractivity contribution in [3.63, 3.8) is 0 Å². The predicted molar refractivity (Wildman–Crippen MR) is 65.5 cm³/mol. The topological polar surface area (TPSA) is 29.1 Å². The van der Waals surface area contributed by atoms with E-state index in [1.807, 2.05) is 0 Å². The van der Waals surface area contributed by atoms with Crippen LogP contribution in [-0.4, -0.2) is 29.3 Å². The standard InChI is InChI=1S/C11H18ClNOS/c12-7-11(4-5-11)8-13-10(14)9-3-1-2-6-15-9/h9H,1-8H2,(H,13,14). The molecule has 0 aromatic rings. The Morgan fingerprint density at radius 3 is 2.80 bits per heavy atom. The third-order valence-electron chi connectivity index (χ3n) is 3.35. The Bertz CT molecular complexity index is 237. The van der Waals surface area contributed by atoms with E-state index in [9.17, 15) is 4.79 Å². The van der Waals surface area contributed by atoms with Crippen LogP contribution < -0.4 is 5.32 Å². The zero-order valence-electron chi connectivity index (χ0n) is 8.93. The number of nitrogens with one attached hydrogen (secondary N) is 1. The molecule has 15 heavy (non-hydrogen) atoms. The van der Waals surface area contributed by atoms with Gasteiger partial charge in [-0.1, -0.05) is 6.42 Å². The van der Waals surface area contributed by atoms with Crippen molar-refractivity contribution in [3.8, 4) is 0 Å². The van der Waals surface area contributed by atoms with E-state index in [1.54, 1.807) is 11.8 Å². The van der Waals surface area contributed by atoms with E-state index in [-0.39, 0.29) is 16.6 Å². The highest BCUT2D eigenvalue weighted by molar-refractivity contribution is 8.00. The van der Waals surface area contributed by atoms with Gasteiger partial charge < -0.3 is 5.32 Å². The summed E-state index contributed by atoms with van der Waals surface area (Å²) in [5, 5.41) is 3.26. The molecular weight excluding hydrogens is 230 g/mol. The monoisotopic (exact) mass is 247 g/mol. The smallest absolute Gasteiger partial charge is 0.233 e. The number of rotatable bonds is 4. The SMILES string of the molecule is O=C(NCC1(CCl)CC1)C1CCCCS1. The highest BCUT2D eigenvalue weighted by Gasteiger charge is 2.42. The first kappa shape index (κ1) is 11.6. The van der Waals surface area contributed by atoms with Crippen molar-refractivity contribution in [2.24, 2.45) is 5.41 Å². The van der Waals surface area contributed by atoms with Gasteiger partial charge in [-0.2, -0.15) is 0 Å². The zero-order valence-corrected chi connectivity index (χ0v) is 10.5. The Kier molecular flexibility index (Phi) is 3.83. The Hall–Kier alpha value is 0.110. The molecule has 1 atom stereocenters. The molecule has 1 aliphatic heterocycles. The van der Waals surface area contributed by atoms with Gasteiger partial charge in [-0.05, 0) is 31.4 Å². The van der Waals surface area contributed by atoms with Gasteiger partial charge in [-0.3, -0.25) is 4.79 Å². The van der Waals surface area contributed by atoms with Crippen LogP contribution in [0.4, 0.5) is 0 Å². The summed E-state index contributed by atoms with van der Waals surface area (Å²) in [5.74, 6) is 2.06. The molecule has 1 heterocycles. The van der Waals surface area contributed by atoms with Gasteiger partial charge >= 0.3 is 0 Å². The van der Waals surface area contributed by atoms with Crippen LogP contribution in [0.1, 0.15) is 32.1 Å². The lowest BCUT2D eigenvalue weighted by atomic mass is 10.1. The van der Waals surface area contributed by atoms with E-state index in [4.69, 9.17) is 11.6 Å². The highest BCUT2D eigenvalue weighted by atomic mass is 35.5.